The van der Waals surface area contributed by atoms with Crippen LogP contribution in [0.2, 0.25) is 5.02 Å². The van der Waals surface area contributed by atoms with Crippen molar-refractivity contribution >= 4 is 11.6 Å². The van der Waals surface area contributed by atoms with Gasteiger partial charge < -0.3 is 5.32 Å². The van der Waals surface area contributed by atoms with Gasteiger partial charge in [0.05, 0.1) is 5.02 Å². The van der Waals surface area contributed by atoms with Crippen LogP contribution in [-0.2, 0) is 6.42 Å². The van der Waals surface area contributed by atoms with Crippen LogP contribution in [0.4, 0.5) is 4.39 Å². The zero-order valence-corrected chi connectivity index (χ0v) is 11.6. The van der Waals surface area contributed by atoms with E-state index in [1.165, 1.54) is 32.1 Å². The lowest BCUT2D eigenvalue weighted by Crippen LogP contribution is -2.34. The lowest BCUT2D eigenvalue weighted by molar-refractivity contribution is 0.346. The lowest BCUT2D eigenvalue weighted by atomic mass is 9.88. The van der Waals surface area contributed by atoms with E-state index in [-0.39, 0.29) is 10.8 Å². The molecule has 3 heteroatoms. The molecule has 1 aromatic rings. The fraction of sp³-hybridized carbons (Fsp3) is 0.600. The standard InChI is InChI=1S/C15H21ClFN/c1-18-14-9-4-2-3-6-11(14)10-12-7-5-8-13(16)15(12)17/h5,7-8,11,14,18H,2-4,6,9-10H2,1H3. The van der Waals surface area contributed by atoms with E-state index in [1.54, 1.807) is 6.07 Å². The predicted octanol–water partition coefficient (Wildman–Crippen LogP) is 4.19. The van der Waals surface area contributed by atoms with Gasteiger partial charge in [-0.15, -0.1) is 0 Å². The van der Waals surface area contributed by atoms with E-state index in [0.717, 1.165) is 12.0 Å². The van der Waals surface area contributed by atoms with Crippen molar-refractivity contribution in [1.82, 2.24) is 5.32 Å². The molecule has 0 aliphatic heterocycles. The summed E-state index contributed by atoms with van der Waals surface area (Å²) in [7, 11) is 2.01. The monoisotopic (exact) mass is 269 g/mol. The third kappa shape index (κ3) is 3.24. The molecule has 0 saturated heterocycles. The molecule has 0 bridgehead atoms. The van der Waals surface area contributed by atoms with E-state index in [4.69, 9.17) is 11.6 Å². The van der Waals surface area contributed by atoms with E-state index in [2.05, 4.69) is 5.32 Å². The maximum absolute atomic E-state index is 13.9. The van der Waals surface area contributed by atoms with Crippen LogP contribution >= 0.6 is 11.6 Å². The Balaban J connectivity index is 2.12. The Kier molecular flexibility index (Phi) is 5.02. The molecule has 2 atom stereocenters. The molecule has 0 radical (unpaired) electrons. The summed E-state index contributed by atoms with van der Waals surface area (Å²) < 4.78 is 13.9. The van der Waals surface area contributed by atoms with Gasteiger partial charge in [-0.3, -0.25) is 0 Å². The highest BCUT2D eigenvalue weighted by molar-refractivity contribution is 6.30. The molecule has 1 aliphatic carbocycles. The second kappa shape index (κ2) is 6.53. The summed E-state index contributed by atoms with van der Waals surface area (Å²) in [6.45, 7) is 0. The van der Waals surface area contributed by atoms with Gasteiger partial charge in [0.1, 0.15) is 5.82 Å². The fourth-order valence-corrected chi connectivity index (χ4v) is 3.19. The molecule has 18 heavy (non-hydrogen) atoms. The topological polar surface area (TPSA) is 12.0 Å². The van der Waals surface area contributed by atoms with Crippen LogP contribution in [0.3, 0.4) is 0 Å². The number of hydrogen-bond donors (Lipinski definition) is 1. The van der Waals surface area contributed by atoms with Crippen LogP contribution in [0.25, 0.3) is 0 Å². The first-order valence-electron chi connectivity index (χ1n) is 6.82. The first-order chi connectivity index (χ1) is 8.72. The van der Waals surface area contributed by atoms with Crippen LogP contribution in [-0.4, -0.2) is 13.1 Å². The fourth-order valence-electron chi connectivity index (χ4n) is 3.00. The summed E-state index contributed by atoms with van der Waals surface area (Å²) >= 11 is 5.84. The maximum Gasteiger partial charge on any atom is 0.144 e. The second-order valence-electron chi connectivity index (χ2n) is 5.21. The van der Waals surface area contributed by atoms with E-state index < -0.39 is 0 Å². The number of halogens is 2. The SMILES string of the molecule is CNC1CCCCCC1Cc1cccc(Cl)c1F. The van der Waals surface area contributed by atoms with Gasteiger partial charge in [0.25, 0.3) is 0 Å². The molecule has 1 fully saturated rings. The largest absolute Gasteiger partial charge is 0.317 e. The quantitative estimate of drug-likeness (QED) is 0.812. The predicted molar refractivity (Wildman–Crippen MR) is 74.5 cm³/mol. The Morgan fingerprint density at radius 2 is 2.06 bits per heavy atom. The van der Waals surface area contributed by atoms with Gasteiger partial charge in [-0.05, 0) is 43.9 Å². The molecule has 1 N–H and O–H groups in total. The summed E-state index contributed by atoms with van der Waals surface area (Å²) in [5.41, 5.74) is 0.759. The summed E-state index contributed by atoms with van der Waals surface area (Å²) in [5.74, 6) is 0.281. The summed E-state index contributed by atoms with van der Waals surface area (Å²) in [4.78, 5) is 0. The lowest BCUT2D eigenvalue weighted by Gasteiger charge is -2.25. The highest BCUT2D eigenvalue weighted by Gasteiger charge is 2.23. The zero-order valence-electron chi connectivity index (χ0n) is 10.9. The van der Waals surface area contributed by atoms with Gasteiger partial charge >= 0.3 is 0 Å². The second-order valence-corrected chi connectivity index (χ2v) is 5.62. The van der Waals surface area contributed by atoms with Crippen LogP contribution in [0, 0.1) is 11.7 Å². The summed E-state index contributed by atoms with van der Waals surface area (Å²) in [6.07, 6.45) is 7.00. The van der Waals surface area contributed by atoms with Crippen molar-refractivity contribution < 1.29 is 4.39 Å². The maximum atomic E-state index is 13.9. The Hall–Kier alpha value is -0.600. The van der Waals surface area contributed by atoms with Crippen molar-refractivity contribution in [3.63, 3.8) is 0 Å². The Labute approximate surface area is 114 Å². The minimum Gasteiger partial charge on any atom is -0.317 e. The summed E-state index contributed by atoms with van der Waals surface area (Å²) in [6, 6.07) is 5.82. The van der Waals surface area contributed by atoms with Crippen LogP contribution in [0.15, 0.2) is 18.2 Å². The van der Waals surface area contributed by atoms with Crippen molar-refractivity contribution in [2.24, 2.45) is 5.92 Å². The first kappa shape index (κ1) is 13.8. The molecule has 0 heterocycles. The highest BCUT2D eigenvalue weighted by atomic mass is 35.5. The van der Waals surface area contributed by atoms with Crippen molar-refractivity contribution in [2.45, 2.75) is 44.6 Å². The Morgan fingerprint density at radius 1 is 1.28 bits per heavy atom. The van der Waals surface area contributed by atoms with Crippen LogP contribution in [0.5, 0.6) is 0 Å². The average Bonchev–Trinajstić information content (AvgIpc) is 2.60. The summed E-state index contributed by atoms with van der Waals surface area (Å²) in [5, 5.41) is 3.63. The van der Waals surface area contributed by atoms with E-state index in [0.29, 0.717) is 12.0 Å². The normalized spacial score (nSPS) is 24.8. The van der Waals surface area contributed by atoms with Gasteiger partial charge in [-0.1, -0.05) is 43.0 Å². The Morgan fingerprint density at radius 3 is 2.83 bits per heavy atom. The van der Waals surface area contributed by atoms with Crippen molar-refractivity contribution in [3.8, 4) is 0 Å². The molecule has 1 aromatic carbocycles. The van der Waals surface area contributed by atoms with E-state index in [1.807, 2.05) is 19.2 Å². The highest BCUT2D eigenvalue weighted by Crippen LogP contribution is 2.28. The molecule has 0 spiro atoms. The van der Waals surface area contributed by atoms with Gasteiger partial charge in [0.2, 0.25) is 0 Å². The molecular formula is C15H21ClFN. The van der Waals surface area contributed by atoms with Gasteiger partial charge in [0.15, 0.2) is 0 Å². The minimum absolute atomic E-state index is 0.238. The molecule has 0 amide bonds. The van der Waals surface area contributed by atoms with E-state index >= 15 is 0 Å². The van der Waals surface area contributed by atoms with E-state index in [9.17, 15) is 4.39 Å². The Bertz CT molecular complexity index is 394. The van der Waals surface area contributed by atoms with Gasteiger partial charge in [-0.2, -0.15) is 0 Å². The van der Waals surface area contributed by atoms with Crippen molar-refractivity contribution in [1.29, 1.82) is 0 Å². The minimum atomic E-state index is -0.238. The zero-order chi connectivity index (χ0) is 13.0. The van der Waals surface area contributed by atoms with Crippen molar-refractivity contribution in [2.75, 3.05) is 7.05 Å². The third-order valence-electron chi connectivity index (χ3n) is 4.04. The first-order valence-corrected chi connectivity index (χ1v) is 7.20. The molecule has 0 aromatic heterocycles. The molecule has 100 valence electrons. The number of hydrogen-bond acceptors (Lipinski definition) is 1. The van der Waals surface area contributed by atoms with Crippen LogP contribution in [0.1, 0.15) is 37.7 Å². The number of benzene rings is 1. The smallest absolute Gasteiger partial charge is 0.144 e. The molecule has 2 unspecified atom stereocenters. The average molecular weight is 270 g/mol. The van der Waals surface area contributed by atoms with Crippen LogP contribution < -0.4 is 5.32 Å². The third-order valence-corrected chi connectivity index (χ3v) is 4.34. The molecule has 2 rings (SSSR count). The van der Waals surface area contributed by atoms with Crippen molar-refractivity contribution in [3.05, 3.63) is 34.6 Å². The number of nitrogens with one attached hydrogen (secondary N) is 1. The number of rotatable bonds is 3. The molecule has 1 aliphatic rings. The van der Waals surface area contributed by atoms with Gasteiger partial charge in [-0.25, -0.2) is 4.39 Å². The molecule has 1 saturated carbocycles. The molecule has 1 nitrogen and oxygen atoms in total. The van der Waals surface area contributed by atoms with Gasteiger partial charge in [0, 0.05) is 6.04 Å². The molecular weight excluding hydrogens is 249 g/mol.